The van der Waals surface area contributed by atoms with Crippen molar-refractivity contribution in [1.82, 2.24) is 0 Å². The second-order valence-electron chi connectivity index (χ2n) is 4.95. The van der Waals surface area contributed by atoms with E-state index in [-0.39, 0.29) is 24.1 Å². The molecule has 1 heterocycles. The first-order chi connectivity index (χ1) is 9.06. The number of nitrogens with two attached hydrogens (primary N) is 1. The van der Waals surface area contributed by atoms with Crippen LogP contribution in [-0.2, 0) is 9.47 Å². The average molecular weight is 268 g/mol. The maximum absolute atomic E-state index is 13.4. The highest BCUT2D eigenvalue weighted by molar-refractivity contribution is 5.56. The molecule has 2 N–H and O–H groups in total. The molecule has 1 aliphatic rings. The molecule has 0 aromatic heterocycles. The first kappa shape index (κ1) is 14.2. The lowest BCUT2D eigenvalue weighted by Crippen LogP contribution is -2.27. The third-order valence-corrected chi connectivity index (χ3v) is 3.64. The first-order valence-electron chi connectivity index (χ1n) is 6.42. The standard InChI is InChI=1S/C14H21FN2O2/c1-9(16)11-6-10(15)4-5-12(11)17-7-13(18-2)14(8-17)19-3/h4-6,9,13-14H,7-8,16H2,1-3H3. The minimum atomic E-state index is -0.262. The van der Waals surface area contributed by atoms with Gasteiger partial charge in [-0.1, -0.05) is 0 Å². The molecule has 0 bridgehead atoms. The van der Waals surface area contributed by atoms with Gasteiger partial charge >= 0.3 is 0 Å². The highest BCUT2D eigenvalue weighted by atomic mass is 19.1. The quantitative estimate of drug-likeness (QED) is 0.903. The van der Waals surface area contributed by atoms with Crippen LogP contribution in [0.4, 0.5) is 10.1 Å². The lowest BCUT2D eigenvalue weighted by Gasteiger charge is -2.23. The topological polar surface area (TPSA) is 47.7 Å². The predicted octanol–water partition coefficient (Wildman–Crippen LogP) is 1.70. The maximum Gasteiger partial charge on any atom is 0.123 e. The van der Waals surface area contributed by atoms with E-state index >= 15 is 0 Å². The summed E-state index contributed by atoms with van der Waals surface area (Å²) in [6, 6.07) is 4.53. The number of benzene rings is 1. The number of halogens is 1. The molecule has 1 aromatic rings. The fraction of sp³-hybridized carbons (Fsp3) is 0.571. The van der Waals surface area contributed by atoms with Crippen molar-refractivity contribution in [2.45, 2.75) is 25.2 Å². The molecule has 1 aromatic carbocycles. The number of hydrogen-bond donors (Lipinski definition) is 1. The second-order valence-corrected chi connectivity index (χ2v) is 4.95. The molecular formula is C14H21FN2O2. The summed E-state index contributed by atoms with van der Waals surface area (Å²) in [6.07, 6.45) is 0.0481. The van der Waals surface area contributed by atoms with E-state index < -0.39 is 0 Å². The molecule has 0 saturated carbocycles. The van der Waals surface area contributed by atoms with Gasteiger partial charge in [-0.15, -0.1) is 0 Å². The molecule has 5 heteroatoms. The lowest BCUT2D eigenvalue weighted by molar-refractivity contribution is -0.00461. The van der Waals surface area contributed by atoms with E-state index in [9.17, 15) is 4.39 Å². The van der Waals surface area contributed by atoms with Crippen molar-refractivity contribution in [1.29, 1.82) is 0 Å². The Labute approximate surface area is 113 Å². The molecule has 3 atom stereocenters. The Balaban J connectivity index is 2.28. The van der Waals surface area contributed by atoms with Crippen LogP contribution in [0.1, 0.15) is 18.5 Å². The van der Waals surface area contributed by atoms with Crippen LogP contribution in [0, 0.1) is 5.82 Å². The number of anilines is 1. The Morgan fingerprint density at radius 2 is 1.84 bits per heavy atom. The van der Waals surface area contributed by atoms with Gasteiger partial charge in [0.05, 0.1) is 0 Å². The average Bonchev–Trinajstić information content (AvgIpc) is 2.81. The molecule has 0 amide bonds. The monoisotopic (exact) mass is 268 g/mol. The minimum Gasteiger partial charge on any atom is -0.377 e. The van der Waals surface area contributed by atoms with Crippen molar-refractivity contribution >= 4 is 5.69 Å². The van der Waals surface area contributed by atoms with Crippen molar-refractivity contribution in [2.75, 3.05) is 32.2 Å². The molecule has 19 heavy (non-hydrogen) atoms. The summed E-state index contributed by atoms with van der Waals surface area (Å²) in [5, 5.41) is 0. The highest BCUT2D eigenvalue weighted by Gasteiger charge is 2.34. The Kier molecular flexibility index (Phi) is 4.39. The second kappa shape index (κ2) is 5.86. The number of hydrogen-bond acceptors (Lipinski definition) is 4. The van der Waals surface area contributed by atoms with E-state index in [4.69, 9.17) is 15.2 Å². The summed E-state index contributed by atoms with van der Waals surface area (Å²) in [7, 11) is 3.36. The third kappa shape index (κ3) is 2.88. The molecule has 0 spiro atoms. The predicted molar refractivity (Wildman–Crippen MR) is 72.8 cm³/mol. The summed E-state index contributed by atoms with van der Waals surface area (Å²) >= 11 is 0. The third-order valence-electron chi connectivity index (χ3n) is 3.64. The Morgan fingerprint density at radius 1 is 1.26 bits per heavy atom. The molecule has 3 unspecified atom stereocenters. The zero-order chi connectivity index (χ0) is 14.0. The molecule has 1 aliphatic heterocycles. The smallest absolute Gasteiger partial charge is 0.123 e. The van der Waals surface area contributed by atoms with Gasteiger partial charge in [-0.3, -0.25) is 0 Å². The highest BCUT2D eigenvalue weighted by Crippen LogP contribution is 2.30. The van der Waals surface area contributed by atoms with Crippen LogP contribution >= 0.6 is 0 Å². The van der Waals surface area contributed by atoms with Crippen molar-refractivity contribution < 1.29 is 13.9 Å². The van der Waals surface area contributed by atoms with Crippen LogP contribution in [-0.4, -0.2) is 39.5 Å². The summed E-state index contributed by atoms with van der Waals surface area (Å²) in [6.45, 7) is 3.30. The lowest BCUT2D eigenvalue weighted by atomic mass is 10.1. The molecule has 2 rings (SSSR count). The van der Waals surface area contributed by atoms with Gasteiger partial charge in [-0.05, 0) is 30.7 Å². The SMILES string of the molecule is COC1CN(c2ccc(F)cc2C(C)N)CC1OC. The number of ether oxygens (including phenoxy) is 2. The van der Waals surface area contributed by atoms with Crippen LogP contribution in [0.2, 0.25) is 0 Å². The zero-order valence-corrected chi connectivity index (χ0v) is 11.6. The maximum atomic E-state index is 13.4. The van der Waals surface area contributed by atoms with Crippen LogP contribution < -0.4 is 10.6 Å². The van der Waals surface area contributed by atoms with Gasteiger partial charge in [0.25, 0.3) is 0 Å². The largest absolute Gasteiger partial charge is 0.377 e. The first-order valence-corrected chi connectivity index (χ1v) is 6.42. The fourth-order valence-electron chi connectivity index (χ4n) is 2.57. The molecule has 0 radical (unpaired) electrons. The van der Waals surface area contributed by atoms with Gasteiger partial charge in [0.15, 0.2) is 0 Å². The van der Waals surface area contributed by atoms with Gasteiger partial charge in [-0.2, -0.15) is 0 Å². The van der Waals surface area contributed by atoms with E-state index in [1.54, 1.807) is 20.3 Å². The van der Waals surface area contributed by atoms with E-state index in [0.29, 0.717) is 0 Å². The van der Waals surface area contributed by atoms with Crippen molar-refractivity contribution in [3.63, 3.8) is 0 Å². The van der Waals surface area contributed by atoms with Gasteiger partial charge in [0.2, 0.25) is 0 Å². The molecule has 106 valence electrons. The van der Waals surface area contributed by atoms with Gasteiger partial charge in [-0.25, -0.2) is 4.39 Å². The normalized spacial score (nSPS) is 24.8. The summed E-state index contributed by atoms with van der Waals surface area (Å²) in [4.78, 5) is 2.14. The number of methoxy groups -OCH3 is 2. The zero-order valence-electron chi connectivity index (χ0n) is 11.6. The van der Waals surface area contributed by atoms with Crippen LogP contribution in [0.25, 0.3) is 0 Å². The van der Waals surface area contributed by atoms with E-state index in [0.717, 1.165) is 24.3 Å². The van der Waals surface area contributed by atoms with Gasteiger partial charge in [0.1, 0.15) is 18.0 Å². The van der Waals surface area contributed by atoms with E-state index in [2.05, 4.69) is 4.90 Å². The summed E-state index contributed by atoms with van der Waals surface area (Å²) in [5.74, 6) is -0.262. The molecule has 1 saturated heterocycles. The van der Waals surface area contributed by atoms with Crippen LogP contribution in [0.5, 0.6) is 0 Å². The van der Waals surface area contributed by atoms with Crippen molar-refractivity contribution in [2.24, 2.45) is 5.73 Å². The number of rotatable bonds is 4. The van der Waals surface area contributed by atoms with E-state index in [1.165, 1.54) is 12.1 Å². The van der Waals surface area contributed by atoms with Gasteiger partial charge < -0.3 is 20.1 Å². The van der Waals surface area contributed by atoms with Crippen molar-refractivity contribution in [3.05, 3.63) is 29.6 Å². The molecule has 4 nitrogen and oxygen atoms in total. The van der Waals surface area contributed by atoms with Crippen LogP contribution in [0.3, 0.4) is 0 Å². The van der Waals surface area contributed by atoms with Gasteiger partial charge in [0, 0.05) is 39.0 Å². The fourth-order valence-corrected chi connectivity index (χ4v) is 2.57. The molecular weight excluding hydrogens is 247 g/mol. The van der Waals surface area contributed by atoms with E-state index in [1.807, 2.05) is 6.92 Å². The molecule has 1 fully saturated rings. The summed E-state index contributed by atoms with van der Waals surface area (Å²) < 4.78 is 24.2. The Bertz CT molecular complexity index is 427. The number of nitrogens with zero attached hydrogens (tertiary/aromatic N) is 1. The Morgan fingerprint density at radius 3 is 2.32 bits per heavy atom. The summed E-state index contributed by atoms with van der Waals surface area (Å²) in [5.41, 5.74) is 7.70. The van der Waals surface area contributed by atoms with Crippen molar-refractivity contribution in [3.8, 4) is 0 Å². The molecule has 0 aliphatic carbocycles. The van der Waals surface area contributed by atoms with Crippen LogP contribution in [0.15, 0.2) is 18.2 Å². The minimum absolute atomic E-state index is 0.0241. The Hall–Kier alpha value is -1.17.